The van der Waals surface area contributed by atoms with Crippen LogP contribution in [0.4, 0.5) is 10.8 Å². The molecule has 4 rings (SSSR count). The Morgan fingerprint density at radius 2 is 2.20 bits per heavy atom. The molecular weight excluding hydrogens is 398 g/mol. The van der Waals surface area contributed by atoms with Gasteiger partial charge in [-0.15, -0.1) is 11.3 Å². The second kappa shape index (κ2) is 9.51. The normalized spacial score (nSPS) is 15.9. The van der Waals surface area contributed by atoms with Crippen LogP contribution in [0.25, 0.3) is 0 Å². The molecule has 1 aromatic carbocycles. The van der Waals surface area contributed by atoms with Gasteiger partial charge in [-0.1, -0.05) is 18.2 Å². The molecule has 0 bridgehead atoms. The summed E-state index contributed by atoms with van der Waals surface area (Å²) in [6.45, 7) is 6.15. The Kier molecular flexibility index (Phi) is 6.57. The molecule has 0 fully saturated rings. The summed E-state index contributed by atoms with van der Waals surface area (Å²) in [5.41, 5.74) is 3.44. The fourth-order valence-corrected chi connectivity index (χ4v) is 5.11. The molecule has 7 heteroatoms. The van der Waals surface area contributed by atoms with Crippen molar-refractivity contribution in [2.45, 2.75) is 39.0 Å². The van der Waals surface area contributed by atoms with Gasteiger partial charge < -0.3 is 19.6 Å². The zero-order valence-corrected chi connectivity index (χ0v) is 18.3. The summed E-state index contributed by atoms with van der Waals surface area (Å²) in [4.78, 5) is 21.6. The zero-order valence-electron chi connectivity index (χ0n) is 17.5. The maximum atomic E-state index is 11.0. The summed E-state index contributed by atoms with van der Waals surface area (Å²) >= 11 is 1.77. The highest BCUT2D eigenvalue weighted by molar-refractivity contribution is 7.15. The average Bonchev–Trinajstić information content (AvgIpc) is 3.13. The SMILES string of the molecule is Cc1sc(N2CC=CCC2)nc1CCOc1cccc2c1CCCN2CCC(=O)O. The number of nitrogens with zero attached hydrogens (tertiary/aromatic N) is 3. The van der Waals surface area contributed by atoms with Crippen molar-refractivity contribution < 1.29 is 14.6 Å². The molecule has 2 aliphatic rings. The number of carbonyl (C=O) groups is 1. The summed E-state index contributed by atoms with van der Waals surface area (Å²) in [5, 5.41) is 10.1. The van der Waals surface area contributed by atoms with Crippen LogP contribution in [-0.2, 0) is 17.6 Å². The van der Waals surface area contributed by atoms with E-state index in [0.717, 1.165) is 67.6 Å². The summed E-state index contributed by atoms with van der Waals surface area (Å²) in [6.07, 6.45) is 8.46. The Balaban J connectivity index is 1.39. The number of fused-ring (bicyclic) bond motifs is 1. The molecule has 1 aromatic heterocycles. The number of rotatable bonds is 8. The molecule has 0 amide bonds. The van der Waals surface area contributed by atoms with E-state index >= 15 is 0 Å². The van der Waals surface area contributed by atoms with Crippen molar-refractivity contribution in [1.82, 2.24) is 4.98 Å². The highest BCUT2D eigenvalue weighted by atomic mass is 32.1. The molecule has 2 aromatic rings. The second-order valence-corrected chi connectivity index (χ2v) is 8.97. The number of carboxylic acid groups (broad SMARTS) is 1. The molecule has 0 saturated heterocycles. The lowest BCUT2D eigenvalue weighted by atomic mass is 10.0. The number of ether oxygens (including phenoxy) is 1. The van der Waals surface area contributed by atoms with E-state index in [4.69, 9.17) is 14.8 Å². The van der Waals surface area contributed by atoms with Gasteiger partial charge in [0.2, 0.25) is 0 Å². The van der Waals surface area contributed by atoms with Crippen LogP contribution in [-0.4, -0.2) is 48.8 Å². The predicted octanol–water partition coefficient (Wildman–Crippen LogP) is 4.07. The van der Waals surface area contributed by atoms with Gasteiger partial charge in [-0.25, -0.2) is 4.98 Å². The third-order valence-electron chi connectivity index (χ3n) is 5.71. The van der Waals surface area contributed by atoms with Crippen LogP contribution in [0.15, 0.2) is 30.4 Å². The van der Waals surface area contributed by atoms with Crippen LogP contribution in [0.3, 0.4) is 0 Å². The molecular formula is C23H29N3O3S. The Morgan fingerprint density at radius 1 is 1.30 bits per heavy atom. The Bertz CT molecular complexity index is 924. The molecule has 6 nitrogen and oxygen atoms in total. The molecule has 0 unspecified atom stereocenters. The van der Waals surface area contributed by atoms with Gasteiger partial charge in [0.1, 0.15) is 5.75 Å². The topological polar surface area (TPSA) is 65.9 Å². The minimum Gasteiger partial charge on any atom is -0.493 e. The van der Waals surface area contributed by atoms with Crippen LogP contribution in [0.2, 0.25) is 0 Å². The van der Waals surface area contributed by atoms with Gasteiger partial charge in [0.25, 0.3) is 0 Å². The Labute approximate surface area is 181 Å². The van der Waals surface area contributed by atoms with Crippen molar-refractivity contribution in [3.8, 4) is 5.75 Å². The van der Waals surface area contributed by atoms with Gasteiger partial charge in [-0.05, 0) is 38.3 Å². The van der Waals surface area contributed by atoms with Gasteiger partial charge in [-0.3, -0.25) is 4.79 Å². The van der Waals surface area contributed by atoms with Crippen LogP contribution in [0, 0.1) is 6.92 Å². The second-order valence-electron chi connectivity index (χ2n) is 7.79. The maximum Gasteiger partial charge on any atom is 0.305 e. The molecule has 3 heterocycles. The Hall–Kier alpha value is -2.54. The van der Waals surface area contributed by atoms with Crippen LogP contribution in [0.5, 0.6) is 5.75 Å². The van der Waals surface area contributed by atoms with Gasteiger partial charge in [0, 0.05) is 48.7 Å². The number of thiazole rings is 1. The number of anilines is 2. The largest absolute Gasteiger partial charge is 0.493 e. The number of carboxylic acids is 1. The van der Waals surface area contributed by atoms with E-state index in [0.29, 0.717) is 13.2 Å². The molecule has 0 radical (unpaired) electrons. The number of hydrogen-bond acceptors (Lipinski definition) is 6. The van der Waals surface area contributed by atoms with E-state index in [1.807, 2.05) is 12.1 Å². The van der Waals surface area contributed by atoms with E-state index in [2.05, 4.69) is 34.9 Å². The van der Waals surface area contributed by atoms with Crippen molar-refractivity contribution >= 4 is 28.1 Å². The molecule has 0 atom stereocenters. The van der Waals surface area contributed by atoms with Crippen LogP contribution >= 0.6 is 11.3 Å². The van der Waals surface area contributed by atoms with Crippen molar-refractivity contribution in [3.63, 3.8) is 0 Å². The molecule has 0 spiro atoms. The van der Waals surface area contributed by atoms with E-state index in [1.165, 1.54) is 10.4 Å². The molecule has 2 aliphatic heterocycles. The molecule has 160 valence electrons. The minimum absolute atomic E-state index is 0.156. The quantitative estimate of drug-likeness (QED) is 0.641. The third-order valence-corrected chi connectivity index (χ3v) is 6.78. The number of hydrogen-bond donors (Lipinski definition) is 1. The van der Waals surface area contributed by atoms with E-state index in [-0.39, 0.29) is 6.42 Å². The molecule has 30 heavy (non-hydrogen) atoms. The smallest absolute Gasteiger partial charge is 0.305 e. The third kappa shape index (κ3) is 4.78. The zero-order chi connectivity index (χ0) is 20.9. The first-order chi connectivity index (χ1) is 14.6. The van der Waals surface area contributed by atoms with Gasteiger partial charge in [0.05, 0.1) is 18.7 Å². The Morgan fingerprint density at radius 3 is 3.00 bits per heavy atom. The first-order valence-corrected chi connectivity index (χ1v) is 11.5. The summed E-state index contributed by atoms with van der Waals surface area (Å²) in [7, 11) is 0. The summed E-state index contributed by atoms with van der Waals surface area (Å²) in [6, 6.07) is 6.11. The van der Waals surface area contributed by atoms with E-state index < -0.39 is 5.97 Å². The monoisotopic (exact) mass is 427 g/mol. The summed E-state index contributed by atoms with van der Waals surface area (Å²) in [5.74, 6) is 0.162. The van der Waals surface area contributed by atoms with Gasteiger partial charge >= 0.3 is 5.97 Å². The molecule has 1 N–H and O–H groups in total. The van der Waals surface area contributed by atoms with Gasteiger partial charge in [0.15, 0.2) is 5.13 Å². The highest BCUT2D eigenvalue weighted by Crippen LogP contribution is 2.34. The highest BCUT2D eigenvalue weighted by Gasteiger charge is 2.21. The number of aromatic nitrogens is 1. The number of benzene rings is 1. The van der Waals surface area contributed by atoms with Crippen molar-refractivity contribution in [2.24, 2.45) is 0 Å². The van der Waals surface area contributed by atoms with E-state index in [1.54, 1.807) is 11.3 Å². The average molecular weight is 428 g/mol. The number of aliphatic carboxylic acids is 1. The minimum atomic E-state index is -0.756. The van der Waals surface area contributed by atoms with Gasteiger partial charge in [-0.2, -0.15) is 0 Å². The lowest BCUT2D eigenvalue weighted by Gasteiger charge is -2.32. The summed E-state index contributed by atoms with van der Waals surface area (Å²) < 4.78 is 6.19. The van der Waals surface area contributed by atoms with Crippen LogP contribution in [0.1, 0.15) is 35.4 Å². The lowest BCUT2D eigenvalue weighted by Crippen LogP contribution is -2.31. The van der Waals surface area contributed by atoms with Crippen LogP contribution < -0.4 is 14.5 Å². The molecule has 0 aliphatic carbocycles. The fourth-order valence-electron chi connectivity index (χ4n) is 4.12. The number of aryl methyl sites for hydroxylation is 1. The first kappa shape index (κ1) is 20.7. The predicted molar refractivity (Wildman–Crippen MR) is 121 cm³/mol. The first-order valence-electron chi connectivity index (χ1n) is 10.7. The molecule has 0 saturated carbocycles. The maximum absolute atomic E-state index is 11.0. The van der Waals surface area contributed by atoms with Crippen molar-refractivity contribution in [1.29, 1.82) is 0 Å². The standard InChI is InChI=1S/C23H29N3O3S/c1-17-19(24-23(30-17)26-12-3-2-4-13-26)11-16-29-21-9-5-8-20-18(21)7-6-14-25(20)15-10-22(27)28/h2-3,5,8-9H,4,6-7,10-16H2,1H3,(H,27,28). The van der Waals surface area contributed by atoms with E-state index in [9.17, 15) is 4.79 Å². The lowest BCUT2D eigenvalue weighted by molar-refractivity contribution is -0.136. The fraction of sp³-hybridized carbons (Fsp3) is 0.478. The van der Waals surface area contributed by atoms with Crippen molar-refractivity contribution in [2.75, 3.05) is 42.6 Å². The van der Waals surface area contributed by atoms with Crippen molar-refractivity contribution in [3.05, 3.63) is 46.5 Å².